The van der Waals surface area contributed by atoms with Gasteiger partial charge in [-0.15, -0.1) is 0 Å². The van der Waals surface area contributed by atoms with Gasteiger partial charge in [0.2, 0.25) is 0 Å². The van der Waals surface area contributed by atoms with Gasteiger partial charge < -0.3 is 14.6 Å². The molecule has 1 atom stereocenters. The fourth-order valence-corrected chi connectivity index (χ4v) is 3.54. The van der Waals surface area contributed by atoms with Gasteiger partial charge in [-0.3, -0.25) is 9.69 Å². The van der Waals surface area contributed by atoms with E-state index in [0.717, 1.165) is 5.69 Å². The normalized spacial score (nSPS) is 17.6. The Kier molecular flexibility index (Phi) is 6.23. The molecule has 7 nitrogen and oxygen atoms in total. The number of carboxylic acid groups (broad SMARTS) is 1. The summed E-state index contributed by atoms with van der Waals surface area (Å²) in [5, 5.41) is 9.72. The number of aliphatic carboxylic acids is 1. The highest BCUT2D eigenvalue weighted by molar-refractivity contribution is 8.18. The van der Waals surface area contributed by atoms with Crippen molar-refractivity contribution in [3.05, 3.63) is 59.0 Å². The number of ether oxygens (including phenoxy) is 2. The van der Waals surface area contributed by atoms with Crippen LogP contribution in [-0.2, 0) is 9.59 Å². The van der Waals surface area contributed by atoms with Crippen molar-refractivity contribution in [3.63, 3.8) is 0 Å². The second kappa shape index (κ2) is 8.83. The minimum atomic E-state index is -1.10. The van der Waals surface area contributed by atoms with Gasteiger partial charge in [-0.05, 0) is 43.0 Å². The Morgan fingerprint density at radius 2 is 1.93 bits per heavy atom. The number of hydrogen-bond donors (Lipinski definition) is 1. The highest BCUT2D eigenvalue weighted by Gasteiger charge is 2.31. The van der Waals surface area contributed by atoms with E-state index in [-0.39, 0.29) is 11.7 Å². The number of methoxy groups -OCH3 is 1. The Morgan fingerprint density at radius 1 is 1.21 bits per heavy atom. The van der Waals surface area contributed by atoms with Gasteiger partial charge in [0, 0.05) is 12.6 Å². The number of para-hydroxylation sites is 2. The largest absolute Gasteiger partial charge is 0.493 e. The molecule has 1 amide bonds. The number of benzene rings is 2. The zero-order valence-electron chi connectivity index (χ0n) is 16.2. The van der Waals surface area contributed by atoms with Crippen molar-refractivity contribution < 1.29 is 24.2 Å². The van der Waals surface area contributed by atoms with E-state index in [9.17, 15) is 14.7 Å². The van der Waals surface area contributed by atoms with Crippen molar-refractivity contribution in [2.45, 2.75) is 13.0 Å². The molecule has 150 valence electrons. The Bertz CT molecular complexity index is 988. The molecule has 2 aromatic carbocycles. The molecule has 0 aromatic heterocycles. The van der Waals surface area contributed by atoms with E-state index in [1.807, 2.05) is 30.3 Å². The summed E-state index contributed by atoms with van der Waals surface area (Å²) < 4.78 is 10.9. The molecule has 29 heavy (non-hydrogen) atoms. The second-order valence-corrected chi connectivity index (χ2v) is 7.19. The van der Waals surface area contributed by atoms with Crippen LogP contribution in [0.15, 0.2) is 58.4 Å². The van der Waals surface area contributed by atoms with Gasteiger partial charge in [0.1, 0.15) is 0 Å². The molecule has 1 aliphatic rings. The molecule has 0 bridgehead atoms. The number of amides is 1. The molecule has 2 aromatic rings. The Balaban J connectivity index is 1.96. The SMILES string of the molecule is COc1cccc(/C=C2\SC(=Nc3ccccc3)N(C)C2=O)c1O[C@@H](C)C(=O)O. The van der Waals surface area contributed by atoms with Crippen LogP contribution in [0, 0.1) is 0 Å². The lowest BCUT2D eigenvalue weighted by Crippen LogP contribution is -2.24. The van der Waals surface area contributed by atoms with Gasteiger partial charge in [-0.2, -0.15) is 0 Å². The van der Waals surface area contributed by atoms with Crippen LogP contribution in [0.2, 0.25) is 0 Å². The zero-order valence-corrected chi connectivity index (χ0v) is 17.0. The van der Waals surface area contributed by atoms with Crippen molar-refractivity contribution in [2.24, 2.45) is 4.99 Å². The maximum absolute atomic E-state index is 12.7. The summed E-state index contributed by atoms with van der Waals surface area (Å²) >= 11 is 1.24. The second-order valence-electron chi connectivity index (χ2n) is 6.18. The standard InChI is InChI=1S/C21H20N2O5S/c1-13(20(25)26)28-18-14(8-7-11-16(18)27-3)12-17-19(24)23(2)21(29-17)22-15-9-5-4-6-10-15/h4-13H,1-3H3,(H,25,26)/b17-12-,22-21?/t13-/m0/s1. The molecule has 3 rings (SSSR count). The molecular weight excluding hydrogens is 392 g/mol. The van der Waals surface area contributed by atoms with Crippen molar-refractivity contribution in [2.75, 3.05) is 14.2 Å². The van der Waals surface area contributed by atoms with Crippen molar-refractivity contribution in [1.29, 1.82) is 0 Å². The molecule has 0 unspecified atom stereocenters. The van der Waals surface area contributed by atoms with Gasteiger partial charge in [-0.25, -0.2) is 9.79 Å². The van der Waals surface area contributed by atoms with Crippen molar-refractivity contribution in [1.82, 2.24) is 4.90 Å². The maximum Gasteiger partial charge on any atom is 0.344 e. The first-order chi connectivity index (χ1) is 13.9. The van der Waals surface area contributed by atoms with E-state index < -0.39 is 12.1 Å². The molecule has 1 saturated heterocycles. The first kappa shape index (κ1) is 20.5. The maximum atomic E-state index is 12.7. The topological polar surface area (TPSA) is 88.4 Å². The molecular formula is C21H20N2O5S. The van der Waals surface area contributed by atoms with E-state index in [4.69, 9.17) is 9.47 Å². The lowest BCUT2D eigenvalue weighted by Gasteiger charge is -2.16. The third-order valence-electron chi connectivity index (χ3n) is 4.14. The number of carbonyl (C=O) groups excluding carboxylic acids is 1. The van der Waals surface area contributed by atoms with Gasteiger partial charge in [-0.1, -0.05) is 30.3 Å². The number of carbonyl (C=O) groups is 2. The molecule has 8 heteroatoms. The van der Waals surface area contributed by atoms with E-state index in [2.05, 4.69) is 4.99 Å². The number of carboxylic acids is 1. The summed E-state index contributed by atoms with van der Waals surface area (Å²) in [6, 6.07) is 14.5. The van der Waals surface area contributed by atoms with Gasteiger partial charge in [0.05, 0.1) is 17.7 Å². The van der Waals surface area contributed by atoms with Crippen LogP contribution in [0.25, 0.3) is 6.08 Å². The first-order valence-corrected chi connectivity index (χ1v) is 9.60. The minimum Gasteiger partial charge on any atom is -0.493 e. The van der Waals surface area contributed by atoms with Crippen LogP contribution < -0.4 is 9.47 Å². The summed E-state index contributed by atoms with van der Waals surface area (Å²) in [6.07, 6.45) is 0.581. The van der Waals surface area contributed by atoms with Crippen LogP contribution in [0.3, 0.4) is 0 Å². The quantitative estimate of drug-likeness (QED) is 0.727. The highest BCUT2D eigenvalue weighted by atomic mass is 32.2. The van der Waals surface area contributed by atoms with Crippen LogP contribution in [0.5, 0.6) is 11.5 Å². The van der Waals surface area contributed by atoms with E-state index in [1.54, 1.807) is 31.3 Å². The molecule has 1 N–H and O–H groups in total. The Morgan fingerprint density at radius 3 is 2.59 bits per heavy atom. The molecule has 1 heterocycles. The zero-order chi connectivity index (χ0) is 21.0. The molecule has 1 fully saturated rings. The summed E-state index contributed by atoms with van der Waals surface area (Å²) in [5.74, 6) is -0.654. The summed E-state index contributed by atoms with van der Waals surface area (Å²) in [6.45, 7) is 1.43. The Hall–Kier alpha value is -3.26. The number of aliphatic imine (C=N–C) groups is 1. The lowest BCUT2D eigenvalue weighted by molar-refractivity contribution is -0.144. The summed E-state index contributed by atoms with van der Waals surface area (Å²) in [5.41, 5.74) is 1.29. The number of likely N-dealkylation sites (N-methyl/N-ethyl adjacent to an activating group) is 1. The smallest absolute Gasteiger partial charge is 0.344 e. The first-order valence-electron chi connectivity index (χ1n) is 8.78. The molecule has 1 aliphatic heterocycles. The van der Waals surface area contributed by atoms with E-state index in [1.165, 1.54) is 30.7 Å². The minimum absolute atomic E-state index is 0.204. The third-order valence-corrected chi connectivity index (χ3v) is 5.20. The molecule has 0 spiro atoms. The van der Waals surface area contributed by atoms with E-state index in [0.29, 0.717) is 21.4 Å². The number of hydrogen-bond acceptors (Lipinski definition) is 6. The average Bonchev–Trinajstić information content (AvgIpc) is 2.97. The number of thioether (sulfide) groups is 1. The average molecular weight is 412 g/mol. The number of amidine groups is 1. The van der Waals surface area contributed by atoms with Crippen LogP contribution in [0.1, 0.15) is 12.5 Å². The number of rotatable bonds is 6. The summed E-state index contributed by atoms with van der Waals surface area (Å²) in [7, 11) is 3.13. The molecule has 0 saturated carbocycles. The predicted molar refractivity (Wildman–Crippen MR) is 113 cm³/mol. The van der Waals surface area contributed by atoms with Gasteiger partial charge in [0.25, 0.3) is 5.91 Å². The third kappa shape index (κ3) is 4.60. The van der Waals surface area contributed by atoms with Crippen molar-refractivity contribution >= 4 is 40.6 Å². The number of nitrogens with zero attached hydrogens (tertiary/aromatic N) is 2. The highest BCUT2D eigenvalue weighted by Crippen LogP contribution is 2.38. The van der Waals surface area contributed by atoms with Crippen molar-refractivity contribution in [3.8, 4) is 11.5 Å². The van der Waals surface area contributed by atoms with Gasteiger partial charge >= 0.3 is 5.97 Å². The monoisotopic (exact) mass is 412 g/mol. The van der Waals surface area contributed by atoms with E-state index >= 15 is 0 Å². The fraction of sp³-hybridized carbons (Fsp3) is 0.190. The molecule has 0 radical (unpaired) electrons. The Labute approximate surface area is 172 Å². The van der Waals surface area contributed by atoms with Gasteiger partial charge in [0.15, 0.2) is 22.8 Å². The van der Waals surface area contributed by atoms with Crippen LogP contribution in [-0.4, -0.2) is 47.3 Å². The lowest BCUT2D eigenvalue weighted by atomic mass is 10.1. The molecule has 0 aliphatic carbocycles. The fourth-order valence-electron chi connectivity index (χ4n) is 2.57. The predicted octanol–water partition coefficient (Wildman–Crippen LogP) is 3.78. The van der Waals surface area contributed by atoms with Crippen LogP contribution >= 0.6 is 11.8 Å². The summed E-state index contributed by atoms with van der Waals surface area (Å²) in [4.78, 5) is 30.3. The van der Waals surface area contributed by atoms with Crippen LogP contribution in [0.4, 0.5) is 5.69 Å².